The zero-order valence-electron chi connectivity index (χ0n) is 13.2. The van der Waals surface area contributed by atoms with Gasteiger partial charge in [0.15, 0.2) is 0 Å². The molecule has 1 heterocycles. The van der Waals surface area contributed by atoms with Gasteiger partial charge in [-0.25, -0.2) is 4.79 Å². The minimum atomic E-state index is -0.313. The Bertz CT molecular complexity index is 1070. The van der Waals surface area contributed by atoms with Gasteiger partial charge in [-0.05, 0) is 29.3 Å². The first-order chi connectivity index (χ1) is 11.8. The maximum Gasteiger partial charge on any atom is 0.338 e. The Labute approximate surface area is 144 Å². The SMILES string of the molecule is COC(=O)c1ccccc1-c1cccc2[s+]c3ccccc3cc12. The van der Waals surface area contributed by atoms with Gasteiger partial charge in [-0.15, -0.1) is 0 Å². The first-order valence-electron chi connectivity index (χ1n) is 7.70. The largest absolute Gasteiger partial charge is 0.465 e. The molecule has 0 unspecified atom stereocenters. The molecule has 0 saturated carbocycles. The van der Waals surface area contributed by atoms with Gasteiger partial charge in [-0.2, -0.15) is 0 Å². The fourth-order valence-electron chi connectivity index (χ4n) is 2.99. The third kappa shape index (κ3) is 2.43. The summed E-state index contributed by atoms with van der Waals surface area (Å²) >= 11 is 1.76. The van der Waals surface area contributed by atoms with Crippen LogP contribution in [0.3, 0.4) is 0 Å². The van der Waals surface area contributed by atoms with E-state index in [0.29, 0.717) is 5.56 Å². The van der Waals surface area contributed by atoms with Crippen molar-refractivity contribution in [2.75, 3.05) is 7.11 Å². The topological polar surface area (TPSA) is 26.3 Å². The zero-order chi connectivity index (χ0) is 16.5. The van der Waals surface area contributed by atoms with Gasteiger partial charge in [0, 0.05) is 22.9 Å². The van der Waals surface area contributed by atoms with Crippen LogP contribution < -0.4 is 0 Å². The molecule has 0 bridgehead atoms. The van der Waals surface area contributed by atoms with Crippen molar-refractivity contribution in [1.29, 1.82) is 0 Å². The second-order valence-electron chi connectivity index (χ2n) is 5.54. The van der Waals surface area contributed by atoms with E-state index in [2.05, 4.69) is 36.4 Å². The average molecular weight is 331 g/mol. The molecular formula is C21H15O2S+. The number of rotatable bonds is 2. The van der Waals surface area contributed by atoms with E-state index in [1.807, 2.05) is 36.4 Å². The molecule has 0 aliphatic heterocycles. The van der Waals surface area contributed by atoms with Gasteiger partial charge in [0.05, 0.1) is 12.7 Å². The number of carbonyl (C=O) groups excluding carboxylic acids is 1. The van der Waals surface area contributed by atoms with Crippen molar-refractivity contribution in [2.24, 2.45) is 0 Å². The highest BCUT2D eigenvalue weighted by Crippen LogP contribution is 2.36. The first-order valence-corrected chi connectivity index (χ1v) is 8.52. The quantitative estimate of drug-likeness (QED) is 0.264. The summed E-state index contributed by atoms with van der Waals surface area (Å²) in [5, 5.41) is 2.36. The molecule has 0 radical (unpaired) electrons. The molecule has 116 valence electrons. The lowest BCUT2D eigenvalue weighted by molar-refractivity contribution is 0.0601. The van der Waals surface area contributed by atoms with Gasteiger partial charge in [-0.1, -0.05) is 42.5 Å². The average Bonchev–Trinajstić information content (AvgIpc) is 2.65. The second-order valence-corrected chi connectivity index (χ2v) is 6.62. The minimum absolute atomic E-state index is 0.313. The minimum Gasteiger partial charge on any atom is -0.465 e. The van der Waals surface area contributed by atoms with E-state index in [0.717, 1.165) is 16.5 Å². The van der Waals surface area contributed by atoms with Crippen LogP contribution in [0.5, 0.6) is 0 Å². The van der Waals surface area contributed by atoms with Crippen LogP contribution in [0.4, 0.5) is 0 Å². The predicted octanol–water partition coefficient (Wildman–Crippen LogP) is 5.79. The van der Waals surface area contributed by atoms with E-state index in [1.165, 1.54) is 21.9 Å². The Morgan fingerprint density at radius 3 is 2.42 bits per heavy atom. The third-order valence-electron chi connectivity index (χ3n) is 4.13. The molecule has 0 amide bonds. The van der Waals surface area contributed by atoms with Crippen LogP contribution in [0, 0.1) is 0 Å². The van der Waals surface area contributed by atoms with E-state index >= 15 is 0 Å². The lowest BCUT2D eigenvalue weighted by atomic mass is 9.96. The van der Waals surface area contributed by atoms with Gasteiger partial charge in [0.2, 0.25) is 20.7 Å². The summed E-state index contributed by atoms with van der Waals surface area (Å²) in [5.41, 5.74) is 2.54. The summed E-state index contributed by atoms with van der Waals surface area (Å²) < 4.78 is 7.40. The molecule has 0 aliphatic rings. The summed E-state index contributed by atoms with van der Waals surface area (Å²) in [4.78, 5) is 12.1. The van der Waals surface area contributed by atoms with Crippen molar-refractivity contribution in [2.45, 2.75) is 0 Å². The van der Waals surface area contributed by atoms with E-state index in [9.17, 15) is 4.79 Å². The normalized spacial score (nSPS) is 10.9. The van der Waals surface area contributed by atoms with Crippen molar-refractivity contribution in [3.05, 3.63) is 78.4 Å². The van der Waals surface area contributed by atoms with Crippen molar-refractivity contribution in [3.63, 3.8) is 0 Å². The van der Waals surface area contributed by atoms with Crippen LogP contribution in [0.15, 0.2) is 72.8 Å². The molecule has 0 spiro atoms. The van der Waals surface area contributed by atoms with Crippen molar-refractivity contribution in [1.82, 2.24) is 0 Å². The molecule has 2 nitrogen and oxygen atoms in total. The van der Waals surface area contributed by atoms with Crippen molar-refractivity contribution < 1.29 is 9.53 Å². The number of methoxy groups -OCH3 is 1. The maximum absolute atomic E-state index is 12.1. The van der Waals surface area contributed by atoms with Crippen LogP contribution in [0.2, 0.25) is 0 Å². The van der Waals surface area contributed by atoms with Gasteiger partial charge >= 0.3 is 5.97 Å². The number of benzene rings is 3. The summed E-state index contributed by atoms with van der Waals surface area (Å²) in [5.74, 6) is -0.313. The zero-order valence-corrected chi connectivity index (χ0v) is 14.0. The molecule has 3 heteroatoms. The number of hydrogen-bond acceptors (Lipinski definition) is 2. The highest BCUT2D eigenvalue weighted by atomic mass is 32.1. The molecule has 4 aromatic rings. The van der Waals surface area contributed by atoms with Gasteiger partial charge in [0.25, 0.3) is 0 Å². The Morgan fingerprint density at radius 2 is 1.54 bits per heavy atom. The fraction of sp³-hybridized carbons (Fsp3) is 0.0476. The summed E-state index contributed by atoms with van der Waals surface area (Å²) in [6.45, 7) is 0. The van der Waals surface area contributed by atoms with E-state index in [4.69, 9.17) is 4.74 Å². The molecule has 0 saturated heterocycles. The highest BCUT2D eigenvalue weighted by molar-refractivity contribution is 7.24. The van der Waals surface area contributed by atoms with Gasteiger partial charge in [-0.3, -0.25) is 0 Å². The molecule has 0 fully saturated rings. The Morgan fingerprint density at radius 1 is 0.833 bits per heavy atom. The molecule has 0 N–H and O–H groups in total. The fourth-order valence-corrected chi connectivity index (χ4v) is 4.04. The predicted molar refractivity (Wildman–Crippen MR) is 101 cm³/mol. The number of hydrogen-bond donors (Lipinski definition) is 0. The molecular weight excluding hydrogens is 316 g/mol. The molecule has 24 heavy (non-hydrogen) atoms. The first kappa shape index (κ1) is 14.8. The van der Waals surface area contributed by atoms with Crippen LogP contribution in [-0.2, 0) is 4.74 Å². The monoisotopic (exact) mass is 331 g/mol. The summed E-state index contributed by atoms with van der Waals surface area (Å²) in [6, 6.07) is 24.4. The van der Waals surface area contributed by atoms with E-state index in [-0.39, 0.29) is 5.97 Å². The maximum atomic E-state index is 12.1. The Hall–Kier alpha value is -2.78. The summed E-state index contributed by atoms with van der Waals surface area (Å²) in [6.07, 6.45) is 0. The van der Waals surface area contributed by atoms with Crippen LogP contribution in [-0.4, -0.2) is 13.1 Å². The lowest BCUT2D eigenvalue weighted by Crippen LogP contribution is -2.03. The van der Waals surface area contributed by atoms with Gasteiger partial charge < -0.3 is 4.74 Å². The number of ether oxygens (including phenoxy) is 1. The second kappa shape index (κ2) is 6.02. The standard InChI is InChI=1S/C21H15O2S/c1-23-21(22)17-9-4-3-8-15(17)16-10-6-12-20-18(16)13-14-7-2-5-11-19(14)24-20/h2-13H,1H3/q+1. The highest BCUT2D eigenvalue weighted by Gasteiger charge is 2.18. The van der Waals surface area contributed by atoms with Crippen molar-refractivity contribution in [3.8, 4) is 11.1 Å². The number of fused-ring (bicyclic) bond motifs is 2. The third-order valence-corrected chi connectivity index (χ3v) is 5.30. The van der Waals surface area contributed by atoms with E-state index in [1.54, 1.807) is 11.3 Å². The Balaban J connectivity index is 2.04. The molecule has 0 atom stereocenters. The van der Waals surface area contributed by atoms with E-state index < -0.39 is 0 Å². The molecule has 3 aromatic carbocycles. The van der Waals surface area contributed by atoms with Crippen LogP contribution in [0.25, 0.3) is 31.3 Å². The molecule has 4 rings (SSSR count). The lowest BCUT2D eigenvalue weighted by Gasteiger charge is -2.09. The smallest absolute Gasteiger partial charge is 0.338 e. The van der Waals surface area contributed by atoms with Crippen LogP contribution >= 0.6 is 11.3 Å². The molecule has 1 aromatic heterocycles. The Kier molecular flexibility index (Phi) is 3.71. The van der Waals surface area contributed by atoms with Crippen molar-refractivity contribution >= 4 is 37.5 Å². The van der Waals surface area contributed by atoms with Crippen LogP contribution in [0.1, 0.15) is 10.4 Å². The summed E-state index contributed by atoms with van der Waals surface area (Å²) in [7, 11) is 1.41. The number of esters is 1. The van der Waals surface area contributed by atoms with Gasteiger partial charge in [0.1, 0.15) is 0 Å². The molecule has 0 aliphatic carbocycles. The number of carbonyl (C=O) groups is 1.